The maximum atomic E-state index is 9.35. The highest BCUT2D eigenvalue weighted by molar-refractivity contribution is 5.31. The summed E-state index contributed by atoms with van der Waals surface area (Å²) in [5, 5.41) is 9.35. The van der Waals surface area contributed by atoms with E-state index in [9.17, 15) is 5.11 Å². The van der Waals surface area contributed by atoms with Gasteiger partial charge in [-0.3, -0.25) is 0 Å². The van der Waals surface area contributed by atoms with Crippen molar-refractivity contribution in [3.05, 3.63) is 29.8 Å². The number of hydrogen-bond donors (Lipinski definition) is 2. The molecule has 1 rings (SSSR count). The number of phenols is 1. The van der Waals surface area contributed by atoms with Gasteiger partial charge in [0.25, 0.3) is 0 Å². The third-order valence-corrected chi connectivity index (χ3v) is 2.34. The van der Waals surface area contributed by atoms with Gasteiger partial charge in [0.15, 0.2) is 0 Å². The van der Waals surface area contributed by atoms with Gasteiger partial charge in [0.05, 0.1) is 0 Å². The van der Waals surface area contributed by atoms with Gasteiger partial charge < -0.3 is 10.8 Å². The summed E-state index contributed by atoms with van der Waals surface area (Å²) in [7, 11) is 0. The quantitative estimate of drug-likeness (QED) is 0.775. The molecule has 1 aromatic rings. The van der Waals surface area contributed by atoms with Crippen LogP contribution in [0.1, 0.15) is 32.8 Å². The van der Waals surface area contributed by atoms with E-state index in [1.807, 2.05) is 19.1 Å². The average Bonchev–Trinajstić information content (AvgIpc) is 2.01. The number of hydrogen-bond acceptors (Lipinski definition) is 2. The molecule has 78 valence electrons. The monoisotopic (exact) mass is 193 g/mol. The minimum absolute atomic E-state index is 0.280. The summed E-state index contributed by atoms with van der Waals surface area (Å²) in [6.45, 7) is 6.30. The molecule has 0 fully saturated rings. The lowest BCUT2D eigenvalue weighted by atomic mass is 9.85. The third kappa shape index (κ3) is 2.74. The molecule has 0 amide bonds. The first-order chi connectivity index (χ1) is 6.42. The molecule has 0 aromatic heterocycles. The van der Waals surface area contributed by atoms with Crippen LogP contribution < -0.4 is 5.73 Å². The molecule has 2 nitrogen and oxygen atoms in total. The van der Waals surface area contributed by atoms with Gasteiger partial charge in [-0.25, -0.2) is 0 Å². The maximum Gasteiger partial charge on any atom is 0.115 e. The van der Waals surface area contributed by atoms with E-state index in [-0.39, 0.29) is 11.3 Å². The molecular formula is C12H19NO. The Bertz CT molecular complexity index is 305. The number of aromatic hydroxyl groups is 1. The first-order valence-electron chi connectivity index (χ1n) is 5.00. The van der Waals surface area contributed by atoms with Crippen LogP contribution in [-0.4, -0.2) is 5.11 Å². The smallest absolute Gasteiger partial charge is 0.115 e. The fourth-order valence-electron chi connectivity index (χ4n) is 1.83. The molecule has 0 heterocycles. The van der Waals surface area contributed by atoms with Gasteiger partial charge >= 0.3 is 0 Å². The number of rotatable bonds is 3. The Morgan fingerprint density at radius 3 is 2.57 bits per heavy atom. The molecule has 1 aromatic carbocycles. The molecule has 2 heteroatoms. The Labute approximate surface area is 85.8 Å². The summed E-state index contributed by atoms with van der Waals surface area (Å²) in [5.74, 6) is 0.829. The van der Waals surface area contributed by atoms with Crippen LogP contribution in [0.15, 0.2) is 24.3 Å². The minimum atomic E-state index is -0.354. The fraction of sp³-hybridized carbons (Fsp3) is 0.500. The second-order valence-corrected chi connectivity index (χ2v) is 4.57. The van der Waals surface area contributed by atoms with Crippen LogP contribution in [-0.2, 0) is 5.54 Å². The molecular weight excluding hydrogens is 174 g/mol. The summed E-state index contributed by atoms with van der Waals surface area (Å²) in [4.78, 5) is 0. The zero-order valence-corrected chi connectivity index (χ0v) is 9.12. The highest BCUT2D eigenvalue weighted by atomic mass is 16.3. The van der Waals surface area contributed by atoms with Gasteiger partial charge in [-0.2, -0.15) is 0 Å². The largest absolute Gasteiger partial charge is 0.508 e. The van der Waals surface area contributed by atoms with Crippen molar-refractivity contribution in [3.63, 3.8) is 0 Å². The summed E-state index contributed by atoms with van der Waals surface area (Å²) < 4.78 is 0. The first kappa shape index (κ1) is 11.1. The normalized spacial score (nSPS) is 15.5. The lowest BCUT2D eigenvalue weighted by molar-refractivity contribution is 0.378. The number of phenolic OH excluding ortho intramolecular Hbond substituents is 1. The number of benzene rings is 1. The summed E-state index contributed by atoms with van der Waals surface area (Å²) in [6.07, 6.45) is 0.913. The molecule has 1 unspecified atom stereocenters. The van der Waals surface area contributed by atoms with Crippen LogP contribution in [0.2, 0.25) is 0 Å². The molecule has 0 radical (unpaired) electrons. The standard InChI is InChI=1S/C12H19NO/c1-9(2)8-12(3,13)10-5-4-6-11(14)7-10/h4-7,9,14H,8,13H2,1-3H3. The number of nitrogens with two attached hydrogens (primary N) is 1. The lowest BCUT2D eigenvalue weighted by Gasteiger charge is -2.27. The van der Waals surface area contributed by atoms with E-state index in [4.69, 9.17) is 5.73 Å². The second kappa shape index (κ2) is 4.01. The zero-order valence-electron chi connectivity index (χ0n) is 9.12. The average molecular weight is 193 g/mol. The Balaban J connectivity index is 2.91. The predicted molar refractivity (Wildman–Crippen MR) is 59.1 cm³/mol. The van der Waals surface area contributed by atoms with Crippen LogP contribution >= 0.6 is 0 Å². The lowest BCUT2D eigenvalue weighted by Crippen LogP contribution is -2.34. The molecule has 0 aliphatic heterocycles. The van der Waals surface area contributed by atoms with Crippen molar-refractivity contribution in [3.8, 4) is 5.75 Å². The molecule has 0 spiro atoms. The van der Waals surface area contributed by atoms with Crippen LogP contribution in [0, 0.1) is 5.92 Å². The second-order valence-electron chi connectivity index (χ2n) is 4.57. The molecule has 0 aliphatic carbocycles. The fourth-order valence-corrected chi connectivity index (χ4v) is 1.83. The van der Waals surface area contributed by atoms with Crippen molar-refractivity contribution in [2.24, 2.45) is 11.7 Å². The van der Waals surface area contributed by atoms with Crippen LogP contribution in [0.4, 0.5) is 0 Å². The van der Waals surface area contributed by atoms with Crippen LogP contribution in [0.25, 0.3) is 0 Å². The zero-order chi connectivity index (χ0) is 10.8. The van der Waals surface area contributed by atoms with Gasteiger partial charge in [-0.1, -0.05) is 26.0 Å². The molecule has 0 bridgehead atoms. The topological polar surface area (TPSA) is 46.2 Å². The van der Waals surface area contributed by atoms with Crippen molar-refractivity contribution in [1.29, 1.82) is 0 Å². The Morgan fingerprint density at radius 1 is 1.43 bits per heavy atom. The summed E-state index contributed by atoms with van der Waals surface area (Å²) in [5.41, 5.74) is 6.83. The van der Waals surface area contributed by atoms with E-state index in [1.54, 1.807) is 12.1 Å². The maximum absolute atomic E-state index is 9.35. The van der Waals surface area contributed by atoms with E-state index >= 15 is 0 Å². The first-order valence-corrected chi connectivity index (χ1v) is 5.00. The molecule has 0 saturated heterocycles. The molecule has 14 heavy (non-hydrogen) atoms. The SMILES string of the molecule is CC(C)CC(C)(N)c1cccc(O)c1. The Kier molecular flexibility index (Phi) is 3.17. The minimum Gasteiger partial charge on any atom is -0.508 e. The van der Waals surface area contributed by atoms with Gasteiger partial charge in [-0.15, -0.1) is 0 Å². The van der Waals surface area contributed by atoms with E-state index in [2.05, 4.69) is 13.8 Å². The Morgan fingerprint density at radius 2 is 2.07 bits per heavy atom. The van der Waals surface area contributed by atoms with Crippen LogP contribution in [0.5, 0.6) is 5.75 Å². The van der Waals surface area contributed by atoms with Crippen molar-refractivity contribution in [2.75, 3.05) is 0 Å². The van der Waals surface area contributed by atoms with Crippen molar-refractivity contribution >= 4 is 0 Å². The van der Waals surface area contributed by atoms with E-state index in [0.29, 0.717) is 5.92 Å². The van der Waals surface area contributed by atoms with E-state index < -0.39 is 0 Å². The van der Waals surface area contributed by atoms with E-state index in [0.717, 1.165) is 12.0 Å². The van der Waals surface area contributed by atoms with Crippen molar-refractivity contribution in [1.82, 2.24) is 0 Å². The third-order valence-electron chi connectivity index (χ3n) is 2.34. The van der Waals surface area contributed by atoms with Gasteiger partial charge in [0.2, 0.25) is 0 Å². The summed E-state index contributed by atoms with van der Waals surface area (Å²) in [6, 6.07) is 7.19. The Hall–Kier alpha value is -1.02. The van der Waals surface area contributed by atoms with Crippen molar-refractivity contribution in [2.45, 2.75) is 32.7 Å². The molecule has 3 N–H and O–H groups in total. The van der Waals surface area contributed by atoms with Crippen LogP contribution in [0.3, 0.4) is 0 Å². The van der Waals surface area contributed by atoms with E-state index in [1.165, 1.54) is 0 Å². The predicted octanol–water partition coefficient (Wildman–Crippen LogP) is 2.61. The van der Waals surface area contributed by atoms with Gasteiger partial charge in [-0.05, 0) is 37.0 Å². The highest BCUT2D eigenvalue weighted by Gasteiger charge is 2.22. The van der Waals surface area contributed by atoms with Gasteiger partial charge in [0.1, 0.15) is 5.75 Å². The molecule has 1 atom stereocenters. The molecule has 0 aliphatic rings. The highest BCUT2D eigenvalue weighted by Crippen LogP contribution is 2.27. The summed E-state index contributed by atoms with van der Waals surface area (Å²) >= 11 is 0. The molecule has 0 saturated carbocycles. The van der Waals surface area contributed by atoms with Crippen molar-refractivity contribution < 1.29 is 5.11 Å². The van der Waals surface area contributed by atoms with Gasteiger partial charge in [0, 0.05) is 5.54 Å².